The molecule has 1 saturated carbocycles. The first kappa shape index (κ1) is 16.8. The summed E-state index contributed by atoms with van der Waals surface area (Å²) in [5.74, 6) is 0.583. The van der Waals surface area contributed by atoms with Crippen LogP contribution < -0.4 is 0 Å². The Hall–Kier alpha value is -2.03. The first-order valence-electron chi connectivity index (χ1n) is 9.13. The highest BCUT2D eigenvalue weighted by Crippen LogP contribution is 2.28. The van der Waals surface area contributed by atoms with Crippen LogP contribution in [0.15, 0.2) is 48.7 Å². The summed E-state index contributed by atoms with van der Waals surface area (Å²) in [6.45, 7) is 5.80. The van der Waals surface area contributed by atoms with Crippen molar-refractivity contribution in [2.45, 2.75) is 58.7 Å². The highest BCUT2D eigenvalue weighted by molar-refractivity contribution is 5.79. The van der Waals surface area contributed by atoms with E-state index in [0.29, 0.717) is 12.5 Å². The van der Waals surface area contributed by atoms with E-state index in [-0.39, 0.29) is 12.0 Å². The van der Waals surface area contributed by atoms with Crippen LogP contribution in [-0.2, 0) is 17.9 Å². The fourth-order valence-electron chi connectivity index (χ4n) is 3.62. The van der Waals surface area contributed by atoms with E-state index in [1.165, 1.54) is 24.1 Å². The summed E-state index contributed by atoms with van der Waals surface area (Å²) >= 11 is 0. The SMILES string of the molecule is CC(C)N(Cc1cccn1Cc1ccccc1)C(=O)C1CCCC1. The third-order valence-corrected chi connectivity index (χ3v) is 5.06. The molecule has 0 unspecified atom stereocenters. The molecule has 1 aromatic heterocycles. The molecule has 0 bridgehead atoms. The quantitative estimate of drug-likeness (QED) is 0.770. The number of carbonyl (C=O) groups is 1. The van der Waals surface area contributed by atoms with Crippen LogP contribution in [-0.4, -0.2) is 21.4 Å². The lowest BCUT2D eigenvalue weighted by atomic mass is 10.1. The molecular formula is C21H28N2O. The van der Waals surface area contributed by atoms with Crippen LogP contribution in [0.4, 0.5) is 0 Å². The molecular weight excluding hydrogens is 296 g/mol. The van der Waals surface area contributed by atoms with Crippen molar-refractivity contribution >= 4 is 5.91 Å². The van der Waals surface area contributed by atoms with Gasteiger partial charge in [-0.05, 0) is 44.4 Å². The fraction of sp³-hybridized carbons (Fsp3) is 0.476. The van der Waals surface area contributed by atoms with E-state index in [4.69, 9.17) is 0 Å². The molecule has 24 heavy (non-hydrogen) atoms. The number of hydrogen-bond acceptors (Lipinski definition) is 1. The van der Waals surface area contributed by atoms with Crippen molar-refractivity contribution in [3.63, 3.8) is 0 Å². The molecule has 1 aliphatic carbocycles. The predicted octanol–water partition coefficient (Wildman–Crippen LogP) is 4.46. The van der Waals surface area contributed by atoms with E-state index in [0.717, 1.165) is 19.4 Å². The highest BCUT2D eigenvalue weighted by atomic mass is 16.2. The summed E-state index contributed by atoms with van der Waals surface area (Å²) in [6, 6.07) is 14.9. The summed E-state index contributed by atoms with van der Waals surface area (Å²) in [6.07, 6.45) is 6.64. The second kappa shape index (κ2) is 7.69. The fourth-order valence-corrected chi connectivity index (χ4v) is 3.62. The van der Waals surface area contributed by atoms with Gasteiger partial charge in [0, 0.05) is 30.4 Å². The smallest absolute Gasteiger partial charge is 0.226 e. The number of benzene rings is 1. The van der Waals surface area contributed by atoms with E-state index in [1.54, 1.807) is 0 Å². The molecule has 0 N–H and O–H groups in total. The Morgan fingerprint density at radius 1 is 1.12 bits per heavy atom. The summed E-state index contributed by atoms with van der Waals surface area (Å²) in [7, 11) is 0. The lowest BCUT2D eigenvalue weighted by Gasteiger charge is -2.30. The first-order chi connectivity index (χ1) is 11.6. The van der Waals surface area contributed by atoms with Gasteiger partial charge in [0.1, 0.15) is 0 Å². The standard InChI is InChI=1S/C21H28N2O/c1-17(2)23(21(24)19-11-6-7-12-19)16-20-13-8-14-22(20)15-18-9-4-3-5-10-18/h3-5,8-10,13-14,17,19H,6-7,11-12,15-16H2,1-2H3. The molecule has 128 valence electrons. The van der Waals surface area contributed by atoms with Gasteiger partial charge in [-0.3, -0.25) is 4.79 Å². The van der Waals surface area contributed by atoms with E-state index in [9.17, 15) is 4.79 Å². The van der Waals surface area contributed by atoms with Gasteiger partial charge in [0.2, 0.25) is 5.91 Å². The van der Waals surface area contributed by atoms with Gasteiger partial charge >= 0.3 is 0 Å². The molecule has 0 radical (unpaired) electrons. The molecule has 1 heterocycles. The molecule has 2 aromatic rings. The zero-order valence-electron chi connectivity index (χ0n) is 14.8. The Balaban J connectivity index is 1.73. The summed E-state index contributed by atoms with van der Waals surface area (Å²) < 4.78 is 2.26. The molecule has 0 spiro atoms. The van der Waals surface area contributed by atoms with Crippen LogP contribution in [0.1, 0.15) is 50.8 Å². The Morgan fingerprint density at radius 2 is 1.83 bits per heavy atom. The van der Waals surface area contributed by atoms with Gasteiger partial charge in [-0.15, -0.1) is 0 Å². The number of hydrogen-bond donors (Lipinski definition) is 0. The molecule has 1 fully saturated rings. The Labute approximate surface area is 145 Å². The maximum atomic E-state index is 12.9. The largest absolute Gasteiger partial charge is 0.345 e. The number of rotatable bonds is 6. The van der Waals surface area contributed by atoms with Crippen LogP contribution in [0.2, 0.25) is 0 Å². The van der Waals surface area contributed by atoms with Gasteiger partial charge in [0.25, 0.3) is 0 Å². The van der Waals surface area contributed by atoms with Crippen LogP contribution in [0, 0.1) is 5.92 Å². The van der Waals surface area contributed by atoms with Crippen molar-refractivity contribution in [3.05, 3.63) is 59.9 Å². The minimum atomic E-state index is 0.234. The predicted molar refractivity (Wildman–Crippen MR) is 97.6 cm³/mol. The summed E-state index contributed by atoms with van der Waals surface area (Å²) in [5, 5.41) is 0. The van der Waals surface area contributed by atoms with Crippen LogP contribution in [0.5, 0.6) is 0 Å². The van der Waals surface area contributed by atoms with Gasteiger partial charge in [0.15, 0.2) is 0 Å². The van der Waals surface area contributed by atoms with Crippen LogP contribution >= 0.6 is 0 Å². The molecule has 3 nitrogen and oxygen atoms in total. The monoisotopic (exact) mass is 324 g/mol. The zero-order valence-corrected chi connectivity index (χ0v) is 14.8. The maximum absolute atomic E-state index is 12.9. The molecule has 1 aliphatic rings. The van der Waals surface area contributed by atoms with Crippen LogP contribution in [0.25, 0.3) is 0 Å². The molecule has 0 atom stereocenters. The maximum Gasteiger partial charge on any atom is 0.226 e. The summed E-state index contributed by atoms with van der Waals surface area (Å²) in [4.78, 5) is 15.0. The van der Waals surface area contributed by atoms with Crippen molar-refractivity contribution in [1.29, 1.82) is 0 Å². The van der Waals surface area contributed by atoms with E-state index in [2.05, 4.69) is 65.9 Å². The van der Waals surface area contributed by atoms with Crippen molar-refractivity contribution in [2.24, 2.45) is 5.92 Å². The third kappa shape index (κ3) is 3.89. The van der Waals surface area contributed by atoms with Crippen molar-refractivity contribution < 1.29 is 4.79 Å². The lowest BCUT2D eigenvalue weighted by Crippen LogP contribution is -2.40. The van der Waals surface area contributed by atoms with Gasteiger partial charge in [-0.1, -0.05) is 43.2 Å². The van der Waals surface area contributed by atoms with Gasteiger partial charge in [0.05, 0.1) is 6.54 Å². The Kier molecular flexibility index (Phi) is 5.39. The molecule has 0 saturated heterocycles. The second-order valence-corrected chi connectivity index (χ2v) is 7.15. The Bertz CT molecular complexity index is 653. The molecule has 3 heteroatoms. The average Bonchev–Trinajstić information content (AvgIpc) is 3.25. The van der Waals surface area contributed by atoms with Crippen LogP contribution in [0.3, 0.4) is 0 Å². The summed E-state index contributed by atoms with van der Waals surface area (Å²) in [5.41, 5.74) is 2.49. The van der Waals surface area contributed by atoms with Crippen molar-refractivity contribution in [3.8, 4) is 0 Å². The molecule has 1 amide bonds. The van der Waals surface area contributed by atoms with Gasteiger partial charge in [-0.2, -0.15) is 0 Å². The first-order valence-corrected chi connectivity index (χ1v) is 9.13. The van der Waals surface area contributed by atoms with Crippen molar-refractivity contribution in [2.75, 3.05) is 0 Å². The van der Waals surface area contributed by atoms with Gasteiger partial charge < -0.3 is 9.47 Å². The number of amides is 1. The zero-order chi connectivity index (χ0) is 16.9. The Morgan fingerprint density at radius 3 is 2.50 bits per heavy atom. The minimum Gasteiger partial charge on any atom is -0.345 e. The third-order valence-electron chi connectivity index (χ3n) is 5.06. The topological polar surface area (TPSA) is 25.2 Å². The van der Waals surface area contributed by atoms with E-state index >= 15 is 0 Å². The molecule has 0 aliphatic heterocycles. The van der Waals surface area contributed by atoms with Gasteiger partial charge in [-0.25, -0.2) is 0 Å². The minimum absolute atomic E-state index is 0.234. The average molecular weight is 324 g/mol. The molecule has 1 aromatic carbocycles. The van der Waals surface area contributed by atoms with E-state index in [1.807, 2.05) is 6.07 Å². The molecule has 3 rings (SSSR count). The van der Waals surface area contributed by atoms with E-state index < -0.39 is 0 Å². The number of nitrogens with zero attached hydrogens (tertiary/aromatic N) is 2. The number of aromatic nitrogens is 1. The second-order valence-electron chi connectivity index (χ2n) is 7.15. The lowest BCUT2D eigenvalue weighted by molar-refractivity contribution is -0.137. The van der Waals surface area contributed by atoms with Crippen molar-refractivity contribution in [1.82, 2.24) is 9.47 Å². The number of carbonyl (C=O) groups excluding carboxylic acids is 1. The normalized spacial score (nSPS) is 15.1. The highest BCUT2D eigenvalue weighted by Gasteiger charge is 2.29.